The molecule has 0 bridgehead atoms. The minimum Gasteiger partial charge on any atom is -0.322 e. The van der Waals surface area contributed by atoms with Crippen molar-refractivity contribution in [3.8, 4) is 0 Å². The predicted octanol–water partition coefficient (Wildman–Crippen LogP) is 6.36. The molecule has 3 rings (SSSR count). The van der Waals surface area contributed by atoms with Crippen molar-refractivity contribution in [2.24, 2.45) is 0 Å². The van der Waals surface area contributed by atoms with E-state index in [-0.39, 0.29) is 17.4 Å². The van der Waals surface area contributed by atoms with Gasteiger partial charge in [0.15, 0.2) is 5.78 Å². The van der Waals surface area contributed by atoms with Crippen LogP contribution >= 0.6 is 35.0 Å². The molecule has 0 atom stereocenters. The van der Waals surface area contributed by atoms with Gasteiger partial charge in [-0.1, -0.05) is 29.3 Å². The first-order valence-corrected chi connectivity index (χ1v) is 9.94. The third kappa shape index (κ3) is 5.35. The molecule has 142 valence electrons. The summed E-state index contributed by atoms with van der Waals surface area (Å²) >= 11 is 13.2. The van der Waals surface area contributed by atoms with Gasteiger partial charge in [-0.25, -0.2) is 4.39 Å². The standard InChI is InChI=1S/C21H14Cl2FNO2S/c22-18-9-6-14(10-19(18)23)20(26)12-28-17-3-1-2-16(11-17)25-21(27)13-4-7-15(24)8-5-13/h1-11H,12H2,(H,25,27). The van der Waals surface area contributed by atoms with E-state index >= 15 is 0 Å². The Hall–Kier alpha value is -2.34. The van der Waals surface area contributed by atoms with E-state index in [4.69, 9.17) is 23.2 Å². The number of halogens is 3. The summed E-state index contributed by atoms with van der Waals surface area (Å²) in [7, 11) is 0. The minimum absolute atomic E-state index is 0.0793. The van der Waals surface area contributed by atoms with Gasteiger partial charge in [0.25, 0.3) is 5.91 Å². The van der Waals surface area contributed by atoms with Crippen LogP contribution in [0, 0.1) is 5.82 Å². The van der Waals surface area contributed by atoms with Crippen LogP contribution in [-0.2, 0) is 0 Å². The Morgan fingerprint density at radius 1 is 0.893 bits per heavy atom. The molecule has 0 fully saturated rings. The van der Waals surface area contributed by atoms with Crippen LogP contribution in [0.3, 0.4) is 0 Å². The van der Waals surface area contributed by atoms with Crippen molar-refractivity contribution in [2.75, 3.05) is 11.1 Å². The van der Waals surface area contributed by atoms with Crippen LogP contribution in [0.15, 0.2) is 71.6 Å². The minimum atomic E-state index is -0.401. The first-order valence-electron chi connectivity index (χ1n) is 8.20. The number of rotatable bonds is 6. The van der Waals surface area contributed by atoms with Gasteiger partial charge >= 0.3 is 0 Å². The number of benzene rings is 3. The van der Waals surface area contributed by atoms with E-state index in [1.165, 1.54) is 36.0 Å². The fourth-order valence-electron chi connectivity index (χ4n) is 2.37. The van der Waals surface area contributed by atoms with Gasteiger partial charge in [-0.05, 0) is 60.7 Å². The van der Waals surface area contributed by atoms with E-state index in [1.807, 2.05) is 6.07 Å². The second-order valence-electron chi connectivity index (χ2n) is 5.83. The number of carbonyl (C=O) groups is 2. The molecule has 0 unspecified atom stereocenters. The van der Waals surface area contributed by atoms with E-state index in [2.05, 4.69) is 5.32 Å². The molecule has 28 heavy (non-hydrogen) atoms. The predicted molar refractivity (Wildman–Crippen MR) is 112 cm³/mol. The molecule has 7 heteroatoms. The summed E-state index contributed by atoms with van der Waals surface area (Å²) in [4.78, 5) is 25.4. The summed E-state index contributed by atoms with van der Waals surface area (Å²) in [6.45, 7) is 0. The van der Waals surface area contributed by atoms with Gasteiger partial charge in [0.1, 0.15) is 5.82 Å². The Kier molecular flexibility index (Phi) is 6.73. The average Bonchev–Trinajstić information content (AvgIpc) is 2.69. The highest BCUT2D eigenvalue weighted by atomic mass is 35.5. The average molecular weight is 434 g/mol. The van der Waals surface area contributed by atoms with Gasteiger partial charge in [0.2, 0.25) is 0 Å². The first kappa shape index (κ1) is 20.4. The highest BCUT2D eigenvalue weighted by molar-refractivity contribution is 8.00. The van der Waals surface area contributed by atoms with Crippen LogP contribution in [0.2, 0.25) is 10.0 Å². The smallest absolute Gasteiger partial charge is 0.255 e. The number of carbonyl (C=O) groups excluding carboxylic acids is 2. The van der Waals surface area contributed by atoms with Crippen molar-refractivity contribution < 1.29 is 14.0 Å². The Bertz CT molecular complexity index is 1030. The number of thioether (sulfide) groups is 1. The molecule has 0 aromatic heterocycles. The second kappa shape index (κ2) is 9.24. The summed E-state index contributed by atoms with van der Waals surface area (Å²) in [5.74, 6) is -0.604. The molecule has 3 nitrogen and oxygen atoms in total. The van der Waals surface area contributed by atoms with Gasteiger partial charge in [0, 0.05) is 21.7 Å². The molecular weight excluding hydrogens is 420 g/mol. The largest absolute Gasteiger partial charge is 0.322 e. The van der Waals surface area contributed by atoms with Crippen LogP contribution in [-0.4, -0.2) is 17.4 Å². The van der Waals surface area contributed by atoms with E-state index in [0.29, 0.717) is 26.9 Å². The number of anilines is 1. The molecule has 0 radical (unpaired) electrons. The maximum atomic E-state index is 13.0. The monoisotopic (exact) mass is 433 g/mol. The third-order valence-electron chi connectivity index (χ3n) is 3.81. The third-order valence-corrected chi connectivity index (χ3v) is 5.54. The van der Waals surface area contributed by atoms with Gasteiger partial charge < -0.3 is 5.32 Å². The van der Waals surface area contributed by atoms with Crippen LogP contribution in [0.25, 0.3) is 0 Å². The molecule has 0 spiro atoms. The summed E-state index contributed by atoms with van der Waals surface area (Å²) in [5, 5.41) is 3.49. The van der Waals surface area contributed by atoms with Gasteiger partial charge in [-0.3, -0.25) is 9.59 Å². The zero-order chi connectivity index (χ0) is 20.1. The van der Waals surface area contributed by atoms with Crippen molar-refractivity contribution in [1.29, 1.82) is 0 Å². The fraction of sp³-hybridized carbons (Fsp3) is 0.0476. The van der Waals surface area contributed by atoms with E-state index in [0.717, 1.165) is 4.90 Å². The summed E-state index contributed by atoms with van der Waals surface area (Å²) in [5.41, 5.74) is 1.43. The van der Waals surface area contributed by atoms with Crippen molar-refractivity contribution in [3.63, 3.8) is 0 Å². The highest BCUT2D eigenvalue weighted by Crippen LogP contribution is 2.26. The van der Waals surface area contributed by atoms with Gasteiger partial charge in [-0.15, -0.1) is 11.8 Å². The van der Waals surface area contributed by atoms with E-state index in [9.17, 15) is 14.0 Å². The van der Waals surface area contributed by atoms with Gasteiger partial charge in [0.05, 0.1) is 15.8 Å². The maximum absolute atomic E-state index is 13.0. The number of Topliss-reactive ketones (excluding diaryl/α,β-unsaturated/α-hetero) is 1. The lowest BCUT2D eigenvalue weighted by Crippen LogP contribution is -2.11. The maximum Gasteiger partial charge on any atom is 0.255 e. The normalized spacial score (nSPS) is 10.5. The Morgan fingerprint density at radius 3 is 2.32 bits per heavy atom. The number of amides is 1. The van der Waals surface area contributed by atoms with Crippen molar-refractivity contribution >= 4 is 52.3 Å². The molecule has 0 aliphatic rings. The zero-order valence-electron chi connectivity index (χ0n) is 14.4. The molecule has 0 saturated carbocycles. The molecule has 3 aromatic rings. The zero-order valence-corrected chi connectivity index (χ0v) is 16.7. The van der Waals surface area contributed by atoms with Crippen LogP contribution < -0.4 is 5.32 Å². The topological polar surface area (TPSA) is 46.2 Å². The molecule has 0 heterocycles. The highest BCUT2D eigenvalue weighted by Gasteiger charge is 2.10. The summed E-state index contributed by atoms with van der Waals surface area (Å²) in [6.07, 6.45) is 0. The number of ketones is 1. The molecule has 3 aromatic carbocycles. The SMILES string of the molecule is O=C(CSc1cccc(NC(=O)c2ccc(F)cc2)c1)c1ccc(Cl)c(Cl)c1. The Morgan fingerprint density at radius 2 is 1.61 bits per heavy atom. The van der Waals surface area contributed by atoms with Gasteiger partial charge in [-0.2, -0.15) is 0 Å². The van der Waals surface area contributed by atoms with Crippen molar-refractivity contribution in [3.05, 3.63) is 93.7 Å². The molecule has 1 N–H and O–H groups in total. The van der Waals surface area contributed by atoms with Crippen molar-refractivity contribution in [2.45, 2.75) is 4.90 Å². The molecule has 0 saturated heterocycles. The molecular formula is C21H14Cl2FNO2S. The van der Waals surface area contributed by atoms with E-state index < -0.39 is 5.82 Å². The van der Waals surface area contributed by atoms with Crippen LogP contribution in [0.1, 0.15) is 20.7 Å². The summed E-state index contributed by atoms with van der Waals surface area (Å²) < 4.78 is 13.0. The first-order chi connectivity index (χ1) is 13.4. The quantitative estimate of drug-likeness (QED) is 0.363. The van der Waals surface area contributed by atoms with Crippen LogP contribution in [0.4, 0.5) is 10.1 Å². The fourth-order valence-corrected chi connectivity index (χ4v) is 3.52. The lowest BCUT2D eigenvalue weighted by atomic mass is 10.1. The van der Waals surface area contributed by atoms with Crippen molar-refractivity contribution in [1.82, 2.24) is 0 Å². The Labute approximate surface area is 175 Å². The second-order valence-corrected chi connectivity index (χ2v) is 7.69. The summed E-state index contributed by atoms with van der Waals surface area (Å²) in [6, 6.07) is 17.2. The lowest BCUT2D eigenvalue weighted by Gasteiger charge is -2.08. The number of nitrogens with one attached hydrogen (secondary N) is 1. The molecule has 0 aliphatic carbocycles. The number of hydrogen-bond donors (Lipinski definition) is 1. The molecule has 0 aliphatic heterocycles. The van der Waals surface area contributed by atoms with E-state index in [1.54, 1.807) is 36.4 Å². The Balaban J connectivity index is 1.62. The van der Waals surface area contributed by atoms with Crippen LogP contribution in [0.5, 0.6) is 0 Å². The number of hydrogen-bond acceptors (Lipinski definition) is 3. The lowest BCUT2D eigenvalue weighted by molar-refractivity contribution is 0.101. The molecule has 1 amide bonds.